The van der Waals surface area contributed by atoms with Gasteiger partial charge < -0.3 is 0 Å². The Morgan fingerprint density at radius 1 is 1.21 bits per heavy atom. The van der Waals surface area contributed by atoms with E-state index in [4.69, 9.17) is 0 Å². The first kappa shape index (κ1) is 7.76. The molecule has 3 heteroatoms. The summed E-state index contributed by atoms with van der Waals surface area (Å²) < 4.78 is 1.90. The summed E-state index contributed by atoms with van der Waals surface area (Å²) in [4.78, 5) is 0. The Bertz CT molecular complexity index is 551. The Hall–Kier alpha value is -1.61. The van der Waals surface area contributed by atoms with Crippen molar-refractivity contribution in [1.82, 2.24) is 9.61 Å². The molecule has 0 amide bonds. The standard InChI is InChI=1S/C11H8N2S/c1-2-11-10(9-4-7-14-8-9)3-6-13(11)12-5-1/h1-8H. The summed E-state index contributed by atoms with van der Waals surface area (Å²) in [5.41, 5.74) is 3.68. The third-order valence-electron chi connectivity index (χ3n) is 2.27. The number of fused-ring (bicyclic) bond motifs is 1. The second-order valence-corrected chi connectivity index (χ2v) is 3.87. The quantitative estimate of drug-likeness (QED) is 0.590. The molecule has 0 spiro atoms. The van der Waals surface area contributed by atoms with Gasteiger partial charge in [-0.05, 0) is 40.6 Å². The van der Waals surface area contributed by atoms with E-state index in [-0.39, 0.29) is 0 Å². The Kier molecular flexibility index (Phi) is 1.64. The molecule has 0 radical (unpaired) electrons. The van der Waals surface area contributed by atoms with Crippen molar-refractivity contribution in [3.63, 3.8) is 0 Å². The van der Waals surface area contributed by atoms with E-state index in [1.54, 1.807) is 17.5 Å². The van der Waals surface area contributed by atoms with Gasteiger partial charge in [0.1, 0.15) is 0 Å². The van der Waals surface area contributed by atoms with Gasteiger partial charge in [0.2, 0.25) is 0 Å². The predicted molar refractivity (Wildman–Crippen MR) is 58.5 cm³/mol. The van der Waals surface area contributed by atoms with E-state index in [0.29, 0.717) is 0 Å². The minimum atomic E-state index is 1.16. The fourth-order valence-corrected chi connectivity index (χ4v) is 2.26. The molecule has 14 heavy (non-hydrogen) atoms. The van der Waals surface area contributed by atoms with Crippen LogP contribution < -0.4 is 0 Å². The van der Waals surface area contributed by atoms with E-state index in [1.807, 2.05) is 16.8 Å². The summed E-state index contributed by atoms with van der Waals surface area (Å²) in [5.74, 6) is 0. The van der Waals surface area contributed by atoms with Crippen LogP contribution in [0.5, 0.6) is 0 Å². The highest BCUT2D eigenvalue weighted by Gasteiger charge is 2.04. The second-order valence-electron chi connectivity index (χ2n) is 3.09. The van der Waals surface area contributed by atoms with Crippen molar-refractivity contribution < 1.29 is 0 Å². The minimum absolute atomic E-state index is 1.16. The maximum Gasteiger partial charge on any atom is 0.0725 e. The smallest absolute Gasteiger partial charge is 0.0725 e. The molecular weight excluding hydrogens is 192 g/mol. The fourth-order valence-electron chi connectivity index (χ4n) is 1.61. The van der Waals surface area contributed by atoms with Gasteiger partial charge in [-0.25, -0.2) is 4.52 Å². The van der Waals surface area contributed by atoms with Crippen LogP contribution in [-0.2, 0) is 0 Å². The lowest BCUT2D eigenvalue weighted by molar-refractivity contribution is 0.941. The van der Waals surface area contributed by atoms with Crippen LogP contribution in [0.2, 0.25) is 0 Å². The summed E-state index contributed by atoms with van der Waals surface area (Å²) >= 11 is 1.72. The first-order valence-electron chi connectivity index (χ1n) is 4.40. The molecule has 0 unspecified atom stereocenters. The number of rotatable bonds is 1. The van der Waals surface area contributed by atoms with Crippen LogP contribution in [0.15, 0.2) is 47.4 Å². The fraction of sp³-hybridized carbons (Fsp3) is 0. The molecule has 0 saturated heterocycles. The average Bonchev–Trinajstić information content (AvgIpc) is 2.85. The molecule has 0 fully saturated rings. The number of hydrogen-bond donors (Lipinski definition) is 0. The van der Waals surface area contributed by atoms with E-state index in [2.05, 4.69) is 34.1 Å². The molecule has 3 heterocycles. The van der Waals surface area contributed by atoms with Crippen molar-refractivity contribution in [1.29, 1.82) is 0 Å². The van der Waals surface area contributed by atoms with Crippen LogP contribution in [0.25, 0.3) is 16.6 Å². The van der Waals surface area contributed by atoms with E-state index in [0.717, 1.165) is 5.52 Å². The van der Waals surface area contributed by atoms with Gasteiger partial charge in [0.15, 0.2) is 0 Å². The Morgan fingerprint density at radius 2 is 2.21 bits per heavy atom. The van der Waals surface area contributed by atoms with Gasteiger partial charge in [-0.1, -0.05) is 0 Å². The van der Waals surface area contributed by atoms with Gasteiger partial charge in [-0.3, -0.25) is 0 Å². The summed E-state index contributed by atoms with van der Waals surface area (Å²) in [6.07, 6.45) is 3.78. The van der Waals surface area contributed by atoms with Gasteiger partial charge in [-0.2, -0.15) is 16.4 Å². The molecule has 3 rings (SSSR count). The number of thiophene rings is 1. The zero-order valence-corrected chi connectivity index (χ0v) is 8.24. The van der Waals surface area contributed by atoms with E-state index in [1.165, 1.54) is 11.1 Å². The van der Waals surface area contributed by atoms with Crippen molar-refractivity contribution in [2.45, 2.75) is 0 Å². The highest BCUT2D eigenvalue weighted by atomic mass is 32.1. The van der Waals surface area contributed by atoms with Crippen molar-refractivity contribution in [2.75, 3.05) is 0 Å². The molecule has 3 aromatic rings. The van der Waals surface area contributed by atoms with Crippen molar-refractivity contribution >= 4 is 16.9 Å². The topological polar surface area (TPSA) is 17.3 Å². The Morgan fingerprint density at radius 3 is 3.07 bits per heavy atom. The number of hydrogen-bond acceptors (Lipinski definition) is 2. The Balaban J connectivity index is 2.33. The molecule has 0 N–H and O–H groups in total. The molecule has 0 aliphatic rings. The van der Waals surface area contributed by atoms with E-state index >= 15 is 0 Å². The van der Waals surface area contributed by atoms with Crippen molar-refractivity contribution in [2.24, 2.45) is 0 Å². The first-order valence-corrected chi connectivity index (χ1v) is 5.34. The van der Waals surface area contributed by atoms with Crippen LogP contribution >= 0.6 is 11.3 Å². The van der Waals surface area contributed by atoms with E-state index in [9.17, 15) is 0 Å². The summed E-state index contributed by atoms with van der Waals surface area (Å²) in [6.45, 7) is 0. The molecule has 3 aromatic heterocycles. The van der Waals surface area contributed by atoms with Gasteiger partial charge in [0.25, 0.3) is 0 Å². The molecule has 0 atom stereocenters. The van der Waals surface area contributed by atoms with Gasteiger partial charge in [0, 0.05) is 18.0 Å². The lowest BCUT2D eigenvalue weighted by Crippen LogP contribution is -1.86. The number of aromatic nitrogens is 2. The molecule has 0 saturated carbocycles. The van der Waals surface area contributed by atoms with Crippen LogP contribution in [-0.4, -0.2) is 9.61 Å². The van der Waals surface area contributed by atoms with Crippen LogP contribution in [0.4, 0.5) is 0 Å². The van der Waals surface area contributed by atoms with Gasteiger partial charge in [0.05, 0.1) is 5.52 Å². The highest BCUT2D eigenvalue weighted by molar-refractivity contribution is 7.08. The Labute approximate surface area is 85.4 Å². The zero-order chi connectivity index (χ0) is 9.38. The predicted octanol–water partition coefficient (Wildman–Crippen LogP) is 3.06. The van der Waals surface area contributed by atoms with Gasteiger partial charge in [-0.15, -0.1) is 0 Å². The molecule has 68 valence electrons. The molecule has 0 aliphatic heterocycles. The SMILES string of the molecule is c1cnn2ccc(-c3ccsc3)c2c1. The second kappa shape index (κ2) is 2.96. The normalized spacial score (nSPS) is 10.9. The molecule has 0 aromatic carbocycles. The summed E-state index contributed by atoms with van der Waals surface area (Å²) in [5, 5.41) is 8.48. The molecule has 0 aliphatic carbocycles. The minimum Gasteiger partial charge on any atom is -0.240 e. The van der Waals surface area contributed by atoms with E-state index < -0.39 is 0 Å². The molecule has 0 bridgehead atoms. The third-order valence-corrected chi connectivity index (χ3v) is 2.95. The van der Waals surface area contributed by atoms with Gasteiger partial charge >= 0.3 is 0 Å². The van der Waals surface area contributed by atoms with Crippen molar-refractivity contribution in [3.8, 4) is 11.1 Å². The van der Waals surface area contributed by atoms with Crippen LogP contribution in [0.1, 0.15) is 0 Å². The monoisotopic (exact) mass is 200 g/mol. The third kappa shape index (κ3) is 1.06. The lowest BCUT2D eigenvalue weighted by atomic mass is 10.1. The largest absolute Gasteiger partial charge is 0.240 e. The average molecular weight is 200 g/mol. The lowest BCUT2D eigenvalue weighted by Gasteiger charge is -1.95. The molecular formula is C11H8N2S. The maximum atomic E-state index is 4.23. The van der Waals surface area contributed by atoms with Crippen molar-refractivity contribution in [3.05, 3.63) is 47.4 Å². The van der Waals surface area contributed by atoms with Crippen LogP contribution in [0, 0.1) is 0 Å². The zero-order valence-electron chi connectivity index (χ0n) is 7.42. The highest BCUT2D eigenvalue weighted by Crippen LogP contribution is 2.26. The first-order chi connectivity index (χ1) is 6.95. The summed E-state index contributed by atoms with van der Waals surface area (Å²) in [6, 6.07) is 8.28. The molecule has 2 nitrogen and oxygen atoms in total. The maximum absolute atomic E-state index is 4.23. The summed E-state index contributed by atoms with van der Waals surface area (Å²) in [7, 11) is 0. The van der Waals surface area contributed by atoms with Crippen LogP contribution in [0.3, 0.4) is 0 Å². The number of nitrogens with zero attached hydrogens (tertiary/aromatic N) is 2.